The van der Waals surface area contributed by atoms with Gasteiger partial charge in [-0.1, -0.05) is 12.1 Å². The maximum atomic E-state index is 13.6. The van der Waals surface area contributed by atoms with Crippen LogP contribution in [0.1, 0.15) is 22.7 Å². The Hall–Kier alpha value is -2.07. The van der Waals surface area contributed by atoms with Gasteiger partial charge in [-0.15, -0.1) is 0 Å². The second-order valence-electron chi connectivity index (χ2n) is 5.59. The summed E-state index contributed by atoms with van der Waals surface area (Å²) in [6.07, 6.45) is 0.942. The number of fused-ring (bicyclic) bond motifs is 1. The van der Waals surface area contributed by atoms with Gasteiger partial charge in [0.05, 0.1) is 20.3 Å². The minimum Gasteiger partial charge on any atom is -0.493 e. The van der Waals surface area contributed by atoms with E-state index in [1.165, 1.54) is 11.6 Å². The first-order valence-electron chi connectivity index (χ1n) is 7.34. The van der Waals surface area contributed by atoms with Crippen LogP contribution in [-0.4, -0.2) is 32.7 Å². The lowest BCUT2D eigenvalue weighted by atomic mass is 9.88. The van der Waals surface area contributed by atoms with Crippen molar-refractivity contribution in [2.24, 2.45) is 0 Å². The summed E-state index contributed by atoms with van der Waals surface area (Å²) in [6, 6.07) is 10.9. The number of likely N-dealkylation sites (N-methyl/N-ethyl adjacent to an activating group) is 1. The largest absolute Gasteiger partial charge is 0.493 e. The van der Waals surface area contributed by atoms with Gasteiger partial charge in [0.2, 0.25) is 0 Å². The summed E-state index contributed by atoms with van der Waals surface area (Å²) in [7, 11) is 5.34. The second-order valence-corrected chi connectivity index (χ2v) is 5.59. The normalized spacial score (nSPS) is 17.9. The van der Waals surface area contributed by atoms with Crippen LogP contribution in [0.3, 0.4) is 0 Å². The highest BCUT2D eigenvalue weighted by Crippen LogP contribution is 2.40. The van der Waals surface area contributed by atoms with E-state index in [-0.39, 0.29) is 11.9 Å². The molecule has 0 N–H and O–H groups in total. The molecule has 0 saturated carbocycles. The molecule has 0 aliphatic carbocycles. The molecule has 22 heavy (non-hydrogen) atoms. The van der Waals surface area contributed by atoms with Gasteiger partial charge >= 0.3 is 0 Å². The summed E-state index contributed by atoms with van der Waals surface area (Å²) in [5.74, 6) is 1.24. The number of nitrogens with zero attached hydrogens (tertiary/aromatic N) is 1. The van der Waals surface area contributed by atoms with Crippen molar-refractivity contribution in [3.05, 3.63) is 58.9 Å². The minimum absolute atomic E-state index is 0.0271. The first-order valence-corrected chi connectivity index (χ1v) is 7.34. The van der Waals surface area contributed by atoms with E-state index in [2.05, 4.69) is 11.9 Å². The van der Waals surface area contributed by atoms with E-state index in [0.29, 0.717) is 5.75 Å². The van der Waals surface area contributed by atoms with E-state index in [4.69, 9.17) is 9.47 Å². The van der Waals surface area contributed by atoms with Gasteiger partial charge in [0, 0.05) is 6.54 Å². The van der Waals surface area contributed by atoms with Crippen LogP contribution in [0.4, 0.5) is 4.39 Å². The Balaban J connectivity index is 2.13. The highest BCUT2D eigenvalue weighted by Gasteiger charge is 2.28. The predicted octanol–water partition coefficient (Wildman–Crippen LogP) is 3.42. The van der Waals surface area contributed by atoms with Crippen LogP contribution in [0.15, 0.2) is 36.4 Å². The number of rotatable bonds is 3. The average molecular weight is 301 g/mol. The molecule has 4 heteroatoms. The fourth-order valence-electron chi connectivity index (χ4n) is 3.18. The van der Waals surface area contributed by atoms with Gasteiger partial charge in [0.25, 0.3) is 0 Å². The van der Waals surface area contributed by atoms with Gasteiger partial charge in [-0.25, -0.2) is 4.39 Å². The molecule has 1 heterocycles. The van der Waals surface area contributed by atoms with Gasteiger partial charge in [-0.2, -0.15) is 0 Å². The predicted molar refractivity (Wildman–Crippen MR) is 84.1 cm³/mol. The fourth-order valence-corrected chi connectivity index (χ4v) is 3.18. The molecule has 116 valence electrons. The maximum absolute atomic E-state index is 13.6. The van der Waals surface area contributed by atoms with E-state index in [1.807, 2.05) is 18.2 Å². The molecular formula is C18H20FNO2. The van der Waals surface area contributed by atoms with Gasteiger partial charge in [-0.05, 0) is 54.4 Å². The Morgan fingerprint density at radius 3 is 2.50 bits per heavy atom. The lowest BCUT2D eigenvalue weighted by molar-refractivity contribution is 0.262. The molecule has 0 radical (unpaired) electrons. The van der Waals surface area contributed by atoms with E-state index >= 15 is 0 Å². The Labute approximate surface area is 130 Å². The Bertz CT molecular complexity index is 687. The summed E-state index contributed by atoms with van der Waals surface area (Å²) in [4.78, 5) is 2.24. The number of methoxy groups -OCH3 is 2. The van der Waals surface area contributed by atoms with Crippen molar-refractivity contribution in [3.63, 3.8) is 0 Å². The van der Waals surface area contributed by atoms with Crippen molar-refractivity contribution >= 4 is 0 Å². The summed E-state index contributed by atoms with van der Waals surface area (Å²) >= 11 is 0. The topological polar surface area (TPSA) is 21.7 Å². The zero-order valence-corrected chi connectivity index (χ0v) is 13.1. The highest BCUT2D eigenvalue weighted by molar-refractivity contribution is 5.51. The lowest BCUT2D eigenvalue weighted by Crippen LogP contribution is -2.33. The summed E-state index contributed by atoms with van der Waals surface area (Å²) < 4.78 is 24.4. The Kier molecular flexibility index (Phi) is 4.03. The first-order chi connectivity index (χ1) is 10.6. The van der Waals surface area contributed by atoms with Crippen LogP contribution in [0, 0.1) is 5.82 Å². The van der Waals surface area contributed by atoms with Gasteiger partial charge in [0.15, 0.2) is 11.5 Å². The van der Waals surface area contributed by atoms with Crippen LogP contribution < -0.4 is 9.47 Å². The molecule has 0 aromatic heterocycles. The number of benzene rings is 2. The SMILES string of the molecule is COc1cc2c(cc1OC)C(c1cccc(F)c1)N(C)CC2. The monoisotopic (exact) mass is 301 g/mol. The van der Waals surface area contributed by atoms with Crippen molar-refractivity contribution in [1.29, 1.82) is 0 Å². The third-order valence-electron chi connectivity index (χ3n) is 4.28. The zero-order valence-electron chi connectivity index (χ0n) is 13.1. The molecule has 0 bridgehead atoms. The van der Waals surface area contributed by atoms with Crippen LogP contribution in [0.25, 0.3) is 0 Å². The van der Waals surface area contributed by atoms with Gasteiger partial charge < -0.3 is 9.47 Å². The van der Waals surface area contributed by atoms with Crippen LogP contribution in [0.5, 0.6) is 11.5 Å². The molecule has 1 unspecified atom stereocenters. The number of ether oxygens (including phenoxy) is 2. The molecule has 2 aromatic carbocycles. The molecular weight excluding hydrogens is 281 g/mol. The summed E-state index contributed by atoms with van der Waals surface area (Å²) in [5, 5.41) is 0. The molecule has 0 spiro atoms. The van der Waals surface area contributed by atoms with Gasteiger partial charge in [0.1, 0.15) is 5.82 Å². The standard InChI is InChI=1S/C18H20FNO2/c1-20-8-7-12-10-16(21-2)17(22-3)11-15(12)18(20)13-5-4-6-14(19)9-13/h4-6,9-11,18H,7-8H2,1-3H3. The minimum atomic E-state index is -0.210. The van der Waals surface area contributed by atoms with Crippen LogP contribution >= 0.6 is 0 Å². The maximum Gasteiger partial charge on any atom is 0.161 e. The lowest BCUT2D eigenvalue weighted by Gasteiger charge is -2.35. The molecule has 1 aliphatic rings. The zero-order chi connectivity index (χ0) is 15.7. The second kappa shape index (κ2) is 5.97. The summed E-state index contributed by atoms with van der Waals surface area (Å²) in [5.41, 5.74) is 3.33. The summed E-state index contributed by atoms with van der Waals surface area (Å²) in [6.45, 7) is 0.920. The molecule has 0 fully saturated rings. The molecule has 3 rings (SSSR count). The molecule has 3 nitrogen and oxygen atoms in total. The number of halogens is 1. The van der Waals surface area contributed by atoms with Crippen molar-refractivity contribution in [1.82, 2.24) is 4.90 Å². The molecule has 0 saturated heterocycles. The van der Waals surface area contributed by atoms with Crippen LogP contribution in [0.2, 0.25) is 0 Å². The first kappa shape index (κ1) is 14.9. The van der Waals surface area contributed by atoms with Crippen LogP contribution in [-0.2, 0) is 6.42 Å². The number of hydrogen-bond donors (Lipinski definition) is 0. The molecule has 0 amide bonds. The van der Waals surface area contributed by atoms with Crippen molar-refractivity contribution in [3.8, 4) is 11.5 Å². The fraction of sp³-hybridized carbons (Fsp3) is 0.333. The van der Waals surface area contributed by atoms with E-state index < -0.39 is 0 Å². The van der Waals surface area contributed by atoms with Crippen molar-refractivity contribution < 1.29 is 13.9 Å². The molecule has 1 aliphatic heterocycles. The average Bonchev–Trinajstić information content (AvgIpc) is 2.53. The van der Waals surface area contributed by atoms with Crippen molar-refractivity contribution in [2.45, 2.75) is 12.5 Å². The third-order valence-corrected chi connectivity index (χ3v) is 4.28. The Morgan fingerprint density at radius 1 is 1.09 bits per heavy atom. The number of hydrogen-bond acceptors (Lipinski definition) is 3. The van der Waals surface area contributed by atoms with Gasteiger partial charge in [-0.3, -0.25) is 4.90 Å². The molecule has 2 aromatic rings. The highest BCUT2D eigenvalue weighted by atomic mass is 19.1. The van der Waals surface area contributed by atoms with E-state index in [0.717, 1.165) is 29.8 Å². The molecule has 1 atom stereocenters. The van der Waals surface area contributed by atoms with Crippen molar-refractivity contribution in [2.75, 3.05) is 27.8 Å². The van der Waals surface area contributed by atoms with E-state index in [1.54, 1.807) is 26.4 Å². The quantitative estimate of drug-likeness (QED) is 0.867. The Morgan fingerprint density at radius 2 is 1.82 bits per heavy atom. The van der Waals surface area contributed by atoms with E-state index in [9.17, 15) is 4.39 Å². The smallest absolute Gasteiger partial charge is 0.161 e. The third kappa shape index (κ3) is 2.55.